The highest BCUT2D eigenvalue weighted by atomic mass is 32.2. The predicted molar refractivity (Wildman–Crippen MR) is 77.0 cm³/mol. The van der Waals surface area contributed by atoms with Crippen molar-refractivity contribution in [3.05, 3.63) is 59.7 Å². The third kappa shape index (κ3) is 2.38. The number of Topliss-reactive ketones (excluding diaryl/α,β-unsaturated/α-hetero) is 1. The van der Waals surface area contributed by atoms with Crippen LogP contribution in [0.15, 0.2) is 53.4 Å². The minimum Gasteiger partial charge on any atom is -0.497 e. The summed E-state index contributed by atoms with van der Waals surface area (Å²) < 4.78 is 5.25. The van der Waals surface area contributed by atoms with Crippen molar-refractivity contribution in [2.45, 2.75) is 16.6 Å². The zero-order valence-electron chi connectivity index (χ0n) is 10.6. The summed E-state index contributed by atoms with van der Waals surface area (Å²) in [5, 5.41) is 0.178. The first-order valence-electron chi connectivity index (χ1n) is 6.21. The molecule has 0 fully saturated rings. The molecule has 0 aliphatic carbocycles. The number of fused-ring (bicyclic) bond motifs is 1. The zero-order valence-corrected chi connectivity index (χ0v) is 11.4. The van der Waals surface area contributed by atoms with E-state index in [1.807, 2.05) is 42.5 Å². The molecule has 19 heavy (non-hydrogen) atoms. The van der Waals surface area contributed by atoms with Crippen LogP contribution in [-0.2, 0) is 0 Å². The molecule has 96 valence electrons. The summed E-state index contributed by atoms with van der Waals surface area (Å²) >= 11 is 1.76. The number of carbonyl (C=O) groups is 1. The van der Waals surface area contributed by atoms with Crippen molar-refractivity contribution < 1.29 is 9.53 Å². The Kier molecular flexibility index (Phi) is 3.30. The monoisotopic (exact) mass is 270 g/mol. The lowest BCUT2D eigenvalue weighted by molar-refractivity contribution is 0.0976. The third-order valence-electron chi connectivity index (χ3n) is 3.29. The lowest BCUT2D eigenvalue weighted by atomic mass is 10.0. The normalized spacial score (nSPS) is 17.9. The number of benzene rings is 2. The summed E-state index contributed by atoms with van der Waals surface area (Å²) in [5.74, 6) is 1.06. The second kappa shape index (κ2) is 5.10. The van der Waals surface area contributed by atoms with Crippen molar-refractivity contribution in [2.24, 2.45) is 0 Å². The maximum Gasteiger partial charge on any atom is 0.165 e. The molecule has 1 aliphatic heterocycles. The van der Waals surface area contributed by atoms with Gasteiger partial charge in [-0.25, -0.2) is 0 Å². The Morgan fingerprint density at radius 1 is 1.16 bits per heavy atom. The molecule has 3 rings (SSSR count). The van der Waals surface area contributed by atoms with Crippen LogP contribution in [0.1, 0.15) is 27.6 Å². The van der Waals surface area contributed by atoms with Gasteiger partial charge in [0, 0.05) is 22.1 Å². The van der Waals surface area contributed by atoms with Gasteiger partial charge in [-0.1, -0.05) is 30.3 Å². The number of carbonyl (C=O) groups excluding carboxylic acids is 1. The van der Waals surface area contributed by atoms with E-state index in [0.29, 0.717) is 6.42 Å². The van der Waals surface area contributed by atoms with Gasteiger partial charge in [-0.05, 0) is 23.8 Å². The molecular weight excluding hydrogens is 256 g/mol. The SMILES string of the molecule is COc1cccc(C2CC(=O)c3ccccc3S2)c1. The van der Waals surface area contributed by atoms with Crippen molar-refractivity contribution in [3.8, 4) is 5.75 Å². The highest BCUT2D eigenvalue weighted by Gasteiger charge is 2.26. The van der Waals surface area contributed by atoms with Gasteiger partial charge in [0.2, 0.25) is 0 Å². The highest BCUT2D eigenvalue weighted by molar-refractivity contribution is 7.99. The molecule has 2 aromatic carbocycles. The summed E-state index contributed by atoms with van der Waals surface area (Å²) in [5.41, 5.74) is 2.00. The summed E-state index contributed by atoms with van der Waals surface area (Å²) in [6.45, 7) is 0. The van der Waals surface area contributed by atoms with Crippen LogP contribution < -0.4 is 4.74 Å². The largest absolute Gasteiger partial charge is 0.497 e. The fourth-order valence-electron chi connectivity index (χ4n) is 2.30. The number of rotatable bonds is 2. The first-order chi connectivity index (χ1) is 9.28. The van der Waals surface area contributed by atoms with E-state index in [4.69, 9.17) is 4.74 Å². The van der Waals surface area contributed by atoms with Gasteiger partial charge < -0.3 is 4.74 Å². The predicted octanol–water partition coefficient (Wildman–Crippen LogP) is 4.12. The first-order valence-corrected chi connectivity index (χ1v) is 7.09. The van der Waals surface area contributed by atoms with Crippen LogP contribution in [0, 0.1) is 0 Å². The molecule has 0 spiro atoms. The Balaban J connectivity index is 1.94. The molecule has 3 heteroatoms. The molecule has 0 radical (unpaired) electrons. The topological polar surface area (TPSA) is 26.3 Å². The molecule has 0 saturated carbocycles. The van der Waals surface area contributed by atoms with E-state index in [0.717, 1.165) is 21.8 Å². The molecule has 0 aromatic heterocycles. The number of thioether (sulfide) groups is 1. The minimum atomic E-state index is 0.178. The fraction of sp³-hybridized carbons (Fsp3) is 0.188. The Morgan fingerprint density at radius 3 is 2.84 bits per heavy atom. The molecule has 0 amide bonds. The van der Waals surface area contributed by atoms with Crippen LogP contribution in [0.25, 0.3) is 0 Å². The number of hydrogen-bond donors (Lipinski definition) is 0. The van der Waals surface area contributed by atoms with Crippen molar-refractivity contribution >= 4 is 17.5 Å². The van der Waals surface area contributed by atoms with Gasteiger partial charge in [0.25, 0.3) is 0 Å². The standard InChI is InChI=1S/C16H14O2S/c1-18-12-6-4-5-11(9-12)16-10-14(17)13-7-2-3-8-15(13)19-16/h2-9,16H,10H2,1H3. The van der Waals surface area contributed by atoms with E-state index >= 15 is 0 Å². The molecule has 1 atom stereocenters. The van der Waals surface area contributed by atoms with Crippen LogP contribution in [0.5, 0.6) is 5.75 Å². The Bertz CT molecular complexity index is 622. The van der Waals surface area contributed by atoms with Crippen LogP contribution in [0.2, 0.25) is 0 Å². The third-order valence-corrected chi connectivity index (χ3v) is 4.63. The van der Waals surface area contributed by atoms with E-state index < -0.39 is 0 Å². The molecule has 2 nitrogen and oxygen atoms in total. The van der Waals surface area contributed by atoms with E-state index in [1.54, 1.807) is 18.9 Å². The van der Waals surface area contributed by atoms with Gasteiger partial charge in [-0.3, -0.25) is 4.79 Å². The van der Waals surface area contributed by atoms with E-state index in [9.17, 15) is 4.79 Å². The average molecular weight is 270 g/mol. The molecule has 1 unspecified atom stereocenters. The van der Waals surface area contributed by atoms with Crippen molar-refractivity contribution in [2.75, 3.05) is 7.11 Å². The number of ether oxygens (including phenoxy) is 1. The van der Waals surface area contributed by atoms with Gasteiger partial charge in [-0.15, -0.1) is 11.8 Å². The van der Waals surface area contributed by atoms with Crippen LogP contribution in [-0.4, -0.2) is 12.9 Å². The lowest BCUT2D eigenvalue weighted by Crippen LogP contribution is -2.12. The average Bonchev–Trinajstić information content (AvgIpc) is 2.47. The van der Waals surface area contributed by atoms with Gasteiger partial charge in [0.1, 0.15) is 5.75 Å². The Morgan fingerprint density at radius 2 is 2.00 bits per heavy atom. The van der Waals surface area contributed by atoms with E-state index in [-0.39, 0.29) is 11.0 Å². The maximum absolute atomic E-state index is 12.2. The van der Waals surface area contributed by atoms with Crippen LogP contribution >= 0.6 is 11.8 Å². The molecule has 2 aromatic rings. The number of methoxy groups -OCH3 is 1. The molecule has 0 saturated heterocycles. The number of hydrogen-bond acceptors (Lipinski definition) is 3. The summed E-state index contributed by atoms with van der Waals surface area (Å²) in [6.07, 6.45) is 0.550. The quantitative estimate of drug-likeness (QED) is 0.821. The molecule has 1 heterocycles. The van der Waals surface area contributed by atoms with Crippen LogP contribution in [0.3, 0.4) is 0 Å². The molecule has 1 aliphatic rings. The molecule has 0 N–H and O–H groups in total. The summed E-state index contributed by atoms with van der Waals surface area (Å²) in [6, 6.07) is 15.8. The van der Waals surface area contributed by atoms with Gasteiger partial charge >= 0.3 is 0 Å². The van der Waals surface area contributed by atoms with Crippen molar-refractivity contribution in [3.63, 3.8) is 0 Å². The summed E-state index contributed by atoms with van der Waals surface area (Å²) in [7, 11) is 1.66. The number of ketones is 1. The first kappa shape index (κ1) is 12.3. The zero-order chi connectivity index (χ0) is 13.2. The van der Waals surface area contributed by atoms with Gasteiger partial charge in [0.15, 0.2) is 5.78 Å². The van der Waals surface area contributed by atoms with Crippen molar-refractivity contribution in [1.82, 2.24) is 0 Å². The Labute approximate surface area is 116 Å². The van der Waals surface area contributed by atoms with Gasteiger partial charge in [-0.2, -0.15) is 0 Å². The second-order valence-electron chi connectivity index (χ2n) is 4.51. The fourth-order valence-corrected chi connectivity index (χ4v) is 3.59. The molecular formula is C16H14O2S. The second-order valence-corrected chi connectivity index (χ2v) is 5.75. The van der Waals surface area contributed by atoms with E-state index in [2.05, 4.69) is 6.07 Å². The van der Waals surface area contributed by atoms with E-state index in [1.165, 1.54) is 0 Å². The Hall–Kier alpha value is -1.74. The molecule has 0 bridgehead atoms. The highest BCUT2D eigenvalue weighted by Crippen LogP contribution is 2.44. The lowest BCUT2D eigenvalue weighted by Gasteiger charge is -2.23. The minimum absolute atomic E-state index is 0.178. The smallest absolute Gasteiger partial charge is 0.165 e. The van der Waals surface area contributed by atoms with Crippen molar-refractivity contribution in [1.29, 1.82) is 0 Å². The van der Waals surface area contributed by atoms with Crippen LogP contribution in [0.4, 0.5) is 0 Å². The maximum atomic E-state index is 12.2. The van der Waals surface area contributed by atoms with Gasteiger partial charge in [0.05, 0.1) is 7.11 Å². The summed E-state index contributed by atoms with van der Waals surface area (Å²) in [4.78, 5) is 13.3.